The molecule has 0 fully saturated rings. The molecule has 0 spiro atoms. The van der Waals surface area contributed by atoms with Crippen molar-refractivity contribution in [1.29, 1.82) is 0 Å². The molecule has 0 saturated heterocycles. The number of alkyl halides is 6. The van der Waals surface area contributed by atoms with E-state index in [9.17, 15) is 9.36 Å². The van der Waals surface area contributed by atoms with Gasteiger partial charge >= 0.3 is 13.8 Å². The minimum atomic E-state index is -4.15. The van der Waals surface area contributed by atoms with Crippen LogP contribution in [0.15, 0.2) is 12.2 Å². The molecule has 0 N–H and O–H groups in total. The van der Waals surface area contributed by atoms with E-state index in [-0.39, 0.29) is 19.6 Å². The molecule has 0 aliphatic heterocycles. The van der Waals surface area contributed by atoms with Crippen molar-refractivity contribution in [2.75, 3.05) is 23.9 Å². The van der Waals surface area contributed by atoms with Crippen LogP contribution in [0.2, 0.25) is 0 Å². The van der Waals surface area contributed by atoms with Crippen molar-refractivity contribution in [3.8, 4) is 0 Å². The highest BCUT2D eigenvalue weighted by molar-refractivity contribution is 9.25. The van der Waals surface area contributed by atoms with Crippen LogP contribution < -0.4 is 0 Å². The van der Waals surface area contributed by atoms with Crippen molar-refractivity contribution in [3.05, 3.63) is 12.2 Å². The lowest BCUT2D eigenvalue weighted by atomic mass is 9.98. The number of esters is 1. The number of phosphoric acid groups is 1. The number of carbonyl (C=O) groups excluding carboxylic acids is 1. The van der Waals surface area contributed by atoms with E-state index in [1.54, 1.807) is 6.92 Å². The number of carbonyl (C=O) groups is 1. The van der Waals surface area contributed by atoms with Crippen molar-refractivity contribution in [1.82, 2.24) is 0 Å². The minimum absolute atomic E-state index is 0.0314. The quantitative estimate of drug-likeness (QED) is 0.0576. The Morgan fingerprint density at radius 1 is 0.900 bits per heavy atom. The summed E-state index contributed by atoms with van der Waals surface area (Å²) in [7, 11) is -4.15. The van der Waals surface area contributed by atoms with Crippen LogP contribution in [0.1, 0.15) is 41.0 Å². The highest BCUT2D eigenvalue weighted by Gasteiger charge is 2.53. The van der Waals surface area contributed by atoms with E-state index in [4.69, 9.17) is 18.3 Å². The smallest absolute Gasteiger partial charge is 0.462 e. The van der Waals surface area contributed by atoms with E-state index < -0.39 is 31.5 Å². The molecule has 0 radical (unpaired) electrons. The Morgan fingerprint density at radius 2 is 1.30 bits per heavy atom. The van der Waals surface area contributed by atoms with E-state index in [1.165, 1.54) is 0 Å². The molecule has 30 heavy (non-hydrogen) atoms. The largest absolute Gasteiger partial charge is 0.479 e. The Labute approximate surface area is 229 Å². The molecule has 0 bridgehead atoms. The van der Waals surface area contributed by atoms with Gasteiger partial charge in [0, 0.05) is 33.5 Å². The van der Waals surface area contributed by atoms with Crippen molar-refractivity contribution in [2.45, 2.75) is 47.9 Å². The van der Waals surface area contributed by atoms with Crippen LogP contribution in [0, 0.1) is 10.8 Å². The van der Waals surface area contributed by atoms with Gasteiger partial charge in [0.1, 0.15) is 0 Å². The molecule has 0 amide bonds. The lowest BCUT2D eigenvalue weighted by molar-refractivity contribution is -0.139. The number of phosphoric ester groups is 1. The summed E-state index contributed by atoms with van der Waals surface area (Å²) in [5.74, 6) is -0.497. The first kappa shape index (κ1) is 32.2. The molecule has 0 aromatic rings. The Bertz CT molecular complexity index is 619. The zero-order chi connectivity index (χ0) is 24.0. The lowest BCUT2D eigenvalue weighted by Gasteiger charge is -2.41. The fourth-order valence-electron chi connectivity index (χ4n) is 1.28. The van der Waals surface area contributed by atoms with Gasteiger partial charge in [0.15, 0.2) is 6.84 Å². The van der Waals surface area contributed by atoms with Gasteiger partial charge in [0.2, 0.25) is 0 Å². The number of hydrogen-bond donors (Lipinski definition) is 0. The van der Waals surface area contributed by atoms with Crippen LogP contribution in [0.3, 0.4) is 0 Å². The number of hydrogen-bond acceptors (Lipinski definition) is 6. The Kier molecular flexibility index (Phi) is 13.7. The van der Waals surface area contributed by atoms with E-state index in [1.807, 2.05) is 27.7 Å². The second-order valence-corrected chi connectivity index (χ2v) is 17.0. The minimum Gasteiger partial charge on any atom is -0.462 e. The van der Waals surface area contributed by atoms with Crippen molar-refractivity contribution in [3.63, 3.8) is 0 Å². The van der Waals surface area contributed by atoms with Gasteiger partial charge in [-0.15, -0.1) is 0 Å². The first-order chi connectivity index (χ1) is 13.4. The van der Waals surface area contributed by atoms with E-state index in [2.05, 4.69) is 102 Å². The fraction of sp³-hybridized carbons (Fsp3) is 0.824. The fourth-order valence-corrected chi connectivity index (χ4v) is 7.81. The van der Waals surface area contributed by atoms with E-state index in [0.29, 0.717) is 16.2 Å². The van der Waals surface area contributed by atoms with E-state index in [0.717, 1.165) is 0 Å². The maximum absolute atomic E-state index is 13.6. The normalized spacial score (nSPS) is 14.0. The zero-order valence-corrected chi connectivity index (χ0v) is 27.8. The second-order valence-electron chi connectivity index (χ2n) is 7.80. The highest BCUT2D eigenvalue weighted by Crippen LogP contribution is 2.65. The summed E-state index contributed by atoms with van der Waals surface area (Å²) < 4.78 is 33.5. The predicted molar refractivity (Wildman–Crippen MR) is 142 cm³/mol. The van der Waals surface area contributed by atoms with Gasteiger partial charge in [0.25, 0.3) is 0 Å². The third kappa shape index (κ3) is 9.82. The Balaban J connectivity index is 5.48. The first-order valence-corrected chi connectivity index (χ1v) is 15.6. The van der Waals surface area contributed by atoms with Gasteiger partial charge in [-0.2, -0.15) is 0 Å². The highest BCUT2D eigenvalue weighted by atomic mass is 79.9. The lowest BCUT2D eigenvalue weighted by Crippen LogP contribution is -2.40. The molecule has 13 heteroatoms. The Morgan fingerprint density at radius 3 is 1.63 bits per heavy atom. The second kappa shape index (κ2) is 12.8. The maximum Gasteiger partial charge on any atom is 0.479 e. The number of halogens is 6. The third-order valence-electron chi connectivity index (χ3n) is 3.82. The molecule has 0 unspecified atom stereocenters. The first-order valence-electron chi connectivity index (χ1n) is 8.73. The maximum atomic E-state index is 13.6. The van der Waals surface area contributed by atoms with Crippen LogP contribution in [-0.4, -0.2) is 36.7 Å². The average molecular weight is 838 g/mol. The zero-order valence-electron chi connectivity index (χ0n) is 17.4. The van der Waals surface area contributed by atoms with Crippen LogP contribution in [0.4, 0.5) is 0 Å². The van der Waals surface area contributed by atoms with Crippen LogP contribution in [-0.2, 0) is 27.7 Å². The van der Waals surface area contributed by atoms with Gasteiger partial charge in [0.05, 0.1) is 13.2 Å². The summed E-state index contributed by atoms with van der Waals surface area (Å²) in [6.45, 7) is 12.7. The van der Waals surface area contributed by atoms with Crippen LogP contribution in [0.25, 0.3) is 0 Å². The standard InChI is InChI=1S/C17H27Br6O6P/c1-12(2)13(24)26-8-7-9-27-30(25,28-16(20,21)14(3,4)10-18)29-17(22,23)15(5,6)11-19/h1,7-11H2,2-6H3. The molecule has 0 saturated carbocycles. The predicted octanol–water partition coefficient (Wildman–Crippen LogP) is 8.38. The summed E-state index contributed by atoms with van der Waals surface area (Å²) in [5, 5.41) is 1.04. The summed E-state index contributed by atoms with van der Waals surface area (Å²) in [4.78, 5) is 11.5. The molecule has 0 aliphatic carbocycles. The number of rotatable bonds is 14. The van der Waals surface area contributed by atoms with Crippen LogP contribution >= 0.6 is 103 Å². The molecule has 0 atom stereocenters. The molecule has 6 nitrogen and oxygen atoms in total. The molecule has 0 heterocycles. The molecule has 0 aromatic carbocycles. The summed E-state index contributed by atoms with van der Waals surface area (Å²) in [6, 6.07) is 0. The molecular formula is C17H27Br6O6P. The average Bonchev–Trinajstić information content (AvgIpc) is 2.59. The van der Waals surface area contributed by atoms with Gasteiger partial charge in [-0.25, -0.2) is 9.36 Å². The van der Waals surface area contributed by atoms with Gasteiger partial charge in [-0.3, -0.25) is 13.6 Å². The monoisotopic (exact) mass is 832 g/mol. The summed E-state index contributed by atoms with van der Waals surface area (Å²) in [6.07, 6.45) is 0.286. The van der Waals surface area contributed by atoms with Gasteiger partial charge in [-0.1, -0.05) is 66.1 Å². The topological polar surface area (TPSA) is 71.1 Å². The molecule has 0 rings (SSSR count). The molecule has 0 aliphatic rings. The van der Waals surface area contributed by atoms with Crippen molar-refractivity contribution >= 4 is 109 Å². The van der Waals surface area contributed by atoms with Crippen LogP contribution in [0.5, 0.6) is 0 Å². The van der Waals surface area contributed by atoms with Crippen molar-refractivity contribution in [2.24, 2.45) is 10.8 Å². The van der Waals surface area contributed by atoms with E-state index >= 15 is 0 Å². The van der Waals surface area contributed by atoms with Gasteiger partial charge < -0.3 is 4.74 Å². The van der Waals surface area contributed by atoms with Gasteiger partial charge in [-0.05, 0) is 70.6 Å². The Hall–Kier alpha value is 2.20. The third-order valence-corrected chi connectivity index (χ3v) is 14.1. The summed E-state index contributed by atoms with van der Waals surface area (Å²) >= 11 is 20.6. The molecule has 178 valence electrons. The van der Waals surface area contributed by atoms with Crippen molar-refractivity contribution < 1.29 is 27.7 Å². The number of ether oxygens (including phenoxy) is 1. The molecular weight excluding hydrogens is 811 g/mol. The summed E-state index contributed by atoms with van der Waals surface area (Å²) in [5.41, 5.74) is -0.786. The molecule has 0 aromatic heterocycles. The SMILES string of the molecule is C=C(C)C(=O)OCCCOP(=O)(OC(Br)(Br)C(C)(C)CBr)OC(Br)(Br)C(C)(C)CBr.